The second-order valence-corrected chi connectivity index (χ2v) is 7.34. The van der Waals surface area contributed by atoms with E-state index in [4.69, 9.17) is 4.74 Å². The molecule has 0 radical (unpaired) electrons. The van der Waals surface area contributed by atoms with Crippen LogP contribution in [0.1, 0.15) is 97.3 Å². The largest absolute Gasteiger partial charge is 0.381 e. The number of carbonyl (C=O) groups excluding carboxylic acids is 1. The van der Waals surface area contributed by atoms with Crippen LogP contribution in [0.25, 0.3) is 0 Å². The van der Waals surface area contributed by atoms with Crippen LogP contribution in [0, 0.1) is 0 Å². The number of methoxy groups -OCH3 is 1. The van der Waals surface area contributed by atoms with E-state index in [0.29, 0.717) is 5.12 Å². The van der Waals surface area contributed by atoms with E-state index < -0.39 is 0 Å². The zero-order chi connectivity index (χ0) is 16.5. The number of unbranched alkanes of at least 4 members (excludes halogenated alkanes) is 9. The van der Waals surface area contributed by atoms with Crippen molar-refractivity contribution in [2.24, 2.45) is 0 Å². The second-order valence-electron chi connectivity index (χ2n) is 6.26. The van der Waals surface area contributed by atoms with Crippen LogP contribution in [0.5, 0.6) is 0 Å². The highest BCUT2D eigenvalue weighted by Crippen LogP contribution is 2.17. The minimum absolute atomic E-state index is 0.250. The Kier molecular flexibility index (Phi) is 17.3. The van der Waals surface area contributed by atoms with Gasteiger partial charge in [-0.2, -0.15) is 0 Å². The van der Waals surface area contributed by atoms with Gasteiger partial charge in [0.05, 0.1) is 6.10 Å². The fourth-order valence-electron chi connectivity index (χ4n) is 2.55. The lowest BCUT2D eigenvalue weighted by Gasteiger charge is -2.14. The summed E-state index contributed by atoms with van der Waals surface area (Å²) in [6.07, 6.45) is 16.0. The predicted molar refractivity (Wildman–Crippen MR) is 99.6 cm³/mol. The maximum atomic E-state index is 11.9. The molecule has 3 heteroatoms. The molecule has 0 aromatic carbocycles. The van der Waals surface area contributed by atoms with Crippen LogP contribution in [0.3, 0.4) is 0 Å². The molecule has 0 amide bonds. The molecule has 132 valence electrons. The van der Waals surface area contributed by atoms with Gasteiger partial charge in [-0.1, -0.05) is 89.8 Å². The molecule has 2 nitrogen and oxygen atoms in total. The van der Waals surface area contributed by atoms with Crippen LogP contribution in [0.15, 0.2) is 0 Å². The van der Waals surface area contributed by atoms with E-state index in [1.807, 2.05) is 0 Å². The Morgan fingerprint density at radius 3 is 2.00 bits per heavy atom. The first-order chi connectivity index (χ1) is 10.7. The molecule has 0 bridgehead atoms. The van der Waals surface area contributed by atoms with E-state index in [9.17, 15) is 4.79 Å². The van der Waals surface area contributed by atoms with Crippen LogP contribution in [0.2, 0.25) is 0 Å². The van der Waals surface area contributed by atoms with E-state index in [2.05, 4.69) is 13.8 Å². The Morgan fingerprint density at radius 1 is 0.864 bits per heavy atom. The minimum atomic E-state index is 0.250. The van der Waals surface area contributed by atoms with Gasteiger partial charge in [-0.25, -0.2) is 0 Å². The maximum absolute atomic E-state index is 11.9. The predicted octanol–water partition coefficient (Wildman–Crippen LogP) is 6.37. The van der Waals surface area contributed by atoms with Crippen molar-refractivity contribution in [2.45, 2.75) is 103 Å². The summed E-state index contributed by atoms with van der Waals surface area (Å²) in [5, 5.41) is 0.350. The summed E-state index contributed by atoms with van der Waals surface area (Å²) in [6.45, 7) is 4.47. The Bertz CT molecular complexity index is 244. The zero-order valence-corrected chi connectivity index (χ0v) is 16.0. The minimum Gasteiger partial charge on any atom is -0.381 e. The molecule has 0 aliphatic carbocycles. The van der Waals surface area contributed by atoms with Crippen molar-refractivity contribution in [3.63, 3.8) is 0 Å². The van der Waals surface area contributed by atoms with Gasteiger partial charge in [0, 0.05) is 19.3 Å². The van der Waals surface area contributed by atoms with Crippen molar-refractivity contribution in [1.29, 1.82) is 0 Å². The molecule has 0 rings (SSSR count). The average molecular weight is 331 g/mol. The lowest BCUT2D eigenvalue weighted by Crippen LogP contribution is -2.15. The Morgan fingerprint density at radius 2 is 1.41 bits per heavy atom. The summed E-state index contributed by atoms with van der Waals surface area (Å²) in [7, 11) is 1.77. The molecular weight excluding hydrogens is 292 g/mol. The van der Waals surface area contributed by atoms with Crippen molar-refractivity contribution in [2.75, 3.05) is 12.9 Å². The molecule has 0 fully saturated rings. The smallest absolute Gasteiger partial charge is 0.189 e. The standard InChI is InChI=1S/C19H38O2S/c1-4-6-8-10-12-14-16-19(20)22-17-18(21-3)15-13-11-9-7-5-2/h18H,4-17H2,1-3H3. The first kappa shape index (κ1) is 22.0. The van der Waals surface area contributed by atoms with Gasteiger partial charge < -0.3 is 4.74 Å². The number of hydrogen-bond acceptors (Lipinski definition) is 3. The molecule has 22 heavy (non-hydrogen) atoms. The fraction of sp³-hybridized carbons (Fsp3) is 0.947. The molecule has 0 spiro atoms. The van der Waals surface area contributed by atoms with Crippen molar-refractivity contribution in [1.82, 2.24) is 0 Å². The fourth-order valence-corrected chi connectivity index (χ4v) is 3.52. The van der Waals surface area contributed by atoms with Gasteiger partial charge in [-0.15, -0.1) is 0 Å². The summed E-state index contributed by atoms with van der Waals surface area (Å²) in [5.41, 5.74) is 0. The SMILES string of the molecule is CCCCCCCCC(=O)SCC(CCCCCCC)OC. The molecule has 0 heterocycles. The van der Waals surface area contributed by atoms with Gasteiger partial charge in [0.15, 0.2) is 5.12 Å². The van der Waals surface area contributed by atoms with E-state index in [0.717, 1.165) is 25.0 Å². The van der Waals surface area contributed by atoms with Crippen LogP contribution in [-0.2, 0) is 9.53 Å². The lowest BCUT2D eigenvalue weighted by atomic mass is 10.1. The number of ether oxygens (including phenoxy) is 1. The number of carbonyl (C=O) groups is 1. The van der Waals surface area contributed by atoms with Crippen molar-refractivity contribution < 1.29 is 9.53 Å². The molecule has 0 N–H and O–H groups in total. The lowest BCUT2D eigenvalue weighted by molar-refractivity contribution is -0.111. The number of rotatable bonds is 16. The van der Waals surface area contributed by atoms with Gasteiger partial charge >= 0.3 is 0 Å². The second kappa shape index (κ2) is 17.3. The van der Waals surface area contributed by atoms with Crippen LogP contribution >= 0.6 is 11.8 Å². The third-order valence-electron chi connectivity index (χ3n) is 4.13. The highest BCUT2D eigenvalue weighted by molar-refractivity contribution is 8.13. The first-order valence-electron chi connectivity index (χ1n) is 9.43. The summed E-state index contributed by atoms with van der Waals surface area (Å²) in [6, 6.07) is 0. The van der Waals surface area contributed by atoms with E-state index in [1.54, 1.807) is 7.11 Å². The maximum Gasteiger partial charge on any atom is 0.189 e. The van der Waals surface area contributed by atoms with Gasteiger partial charge in [-0.05, 0) is 12.8 Å². The van der Waals surface area contributed by atoms with Crippen LogP contribution in [0.4, 0.5) is 0 Å². The number of thioether (sulfide) groups is 1. The number of hydrogen-bond donors (Lipinski definition) is 0. The zero-order valence-electron chi connectivity index (χ0n) is 15.2. The van der Waals surface area contributed by atoms with Crippen molar-refractivity contribution in [3.05, 3.63) is 0 Å². The molecule has 0 aromatic rings. The highest BCUT2D eigenvalue weighted by Gasteiger charge is 2.10. The first-order valence-corrected chi connectivity index (χ1v) is 10.4. The van der Waals surface area contributed by atoms with E-state index >= 15 is 0 Å². The summed E-state index contributed by atoms with van der Waals surface area (Å²) in [5.74, 6) is 0.832. The monoisotopic (exact) mass is 330 g/mol. The summed E-state index contributed by atoms with van der Waals surface area (Å²) >= 11 is 1.48. The van der Waals surface area contributed by atoms with Gasteiger partial charge in [0.25, 0.3) is 0 Å². The van der Waals surface area contributed by atoms with Crippen molar-refractivity contribution >= 4 is 16.9 Å². The normalized spacial score (nSPS) is 12.5. The van der Waals surface area contributed by atoms with E-state index in [-0.39, 0.29) is 6.10 Å². The van der Waals surface area contributed by atoms with Crippen LogP contribution < -0.4 is 0 Å². The van der Waals surface area contributed by atoms with Gasteiger partial charge in [0.2, 0.25) is 0 Å². The molecular formula is C19H38O2S. The average Bonchev–Trinajstić information content (AvgIpc) is 2.53. The molecule has 0 aliphatic rings. The Balaban J connectivity index is 3.51. The molecule has 1 atom stereocenters. The summed E-state index contributed by atoms with van der Waals surface area (Å²) < 4.78 is 5.50. The molecule has 0 aliphatic heterocycles. The molecule has 0 saturated heterocycles. The highest BCUT2D eigenvalue weighted by atomic mass is 32.2. The summed E-state index contributed by atoms with van der Waals surface area (Å²) in [4.78, 5) is 11.9. The van der Waals surface area contributed by atoms with Crippen LogP contribution in [-0.4, -0.2) is 24.1 Å². The van der Waals surface area contributed by atoms with E-state index in [1.165, 1.54) is 76.0 Å². The van der Waals surface area contributed by atoms with Gasteiger partial charge in [-0.3, -0.25) is 4.79 Å². The third kappa shape index (κ3) is 14.9. The molecule has 1 unspecified atom stereocenters. The third-order valence-corrected chi connectivity index (χ3v) is 5.19. The quantitative estimate of drug-likeness (QED) is 0.307. The Labute approximate surface area is 143 Å². The van der Waals surface area contributed by atoms with Crippen molar-refractivity contribution in [3.8, 4) is 0 Å². The topological polar surface area (TPSA) is 26.3 Å². The Hall–Kier alpha value is -0.0200. The molecule has 0 aromatic heterocycles. The molecule has 0 saturated carbocycles. The van der Waals surface area contributed by atoms with Gasteiger partial charge in [0.1, 0.15) is 0 Å².